The molecule has 0 bridgehead atoms. The number of benzene rings is 2. The van der Waals surface area contributed by atoms with Crippen molar-refractivity contribution in [2.24, 2.45) is 5.73 Å². The number of aliphatic hydroxyl groups is 1. The van der Waals surface area contributed by atoms with Crippen LogP contribution in [-0.4, -0.2) is 18.2 Å². The van der Waals surface area contributed by atoms with Crippen molar-refractivity contribution in [2.45, 2.75) is 25.4 Å². The molecule has 0 saturated heterocycles. The van der Waals surface area contributed by atoms with Crippen molar-refractivity contribution in [3.63, 3.8) is 0 Å². The van der Waals surface area contributed by atoms with Gasteiger partial charge in [0.2, 0.25) is 0 Å². The van der Waals surface area contributed by atoms with Gasteiger partial charge < -0.3 is 16.2 Å². The van der Waals surface area contributed by atoms with Crippen LogP contribution in [0, 0.1) is 0 Å². The number of anilines is 1. The highest BCUT2D eigenvalue weighted by Crippen LogP contribution is 2.19. The summed E-state index contributed by atoms with van der Waals surface area (Å²) in [7, 11) is 0. The molecule has 0 amide bonds. The molecule has 2 aromatic carbocycles. The van der Waals surface area contributed by atoms with Crippen LogP contribution in [-0.2, 0) is 6.42 Å². The molecule has 0 aliphatic carbocycles. The third kappa shape index (κ3) is 5.21. The van der Waals surface area contributed by atoms with E-state index in [4.69, 9.17) is 5.73 Å². The lowest BCUT2D eigenvalue weighted by atomic mass is 10.1. The summed E-state index contributed by atoms with van der Waals surface area (Å²) in [6.07, 6.45) is 2.28. The third-order valence-corrected chi connectivity index (χ3v) is 3.53. The Morgan fingerprint density at radius 1 is 1.05 bits per heavy atom. The Labute approximate surface area is 126 Å². The number of rotatable bonds is 8. The van der Waals surface area contributed by atoms with Crippen molar-refractivity contribution in [2.75, 3.05) is 18.4 Å². The van der Waals surface area contributed by atoms with Gasteiger partial charge in [-0.25, -0.2) is 0 Å². The minimum Gasteiger partial charge on any atom is -0.388 e. The Balaban J connectivity index is 1.79. The molecule has 0 spiro atoms. The predicted molar refractivity (Wildman–Crippen MR) is 88.3 cm³/mol. The molecule has 0 heterocycles. The largest absolute Gasteiger partial charge is 0.388 e. The Bertz CT molecular complexity index is 528. The molecule has 1 unspecified atom stereocenters. The van der Waals surface area contributed by atoms with Crippen LogP contribution in [0.2, 0.25) is 0 Å². The van der Waals surface area contributed by atoms with Gasteiger partial charge in [0.25, 0.3) is 0 Å². The fourth-order valence-corrected chi connectivity index (χ4v) is 2.35. The predicted octanol–water partition coefficient (Wildman–Crippen LogP) is 3.11. The third-order valence-electron chi connectivity index (χ3n) is 3.53. The Morgan fingerprint density at radius 3 is 2.62 bits per heavy atom. The van der Waals surface area contributed by atoms with E-state index in [2.05, 4.69) is 29.6 Å². The summed E-state index contributed by atoms with van der Waals surface area (Å²) >= 11 is 0. The quantitative estimate of drug-likeness (QED) is 0.653. The number of aliphatic hydroxyl groups excluding tert-OH is 1. The van der Waals surface area contributed by atoms with E-state index in [9.17, 15) is 5.11 Å². The lowest BCUT2D eigenvalue weighted by molar-refractivity contribution is 0.170. The minimum absolute atomic E-state index is 0.471. The van der Waals surface area contributed by atoms with Gasteiger partial charge >= 0.3 is 0 Å². The molecule has 3 heteroatoms. The molecule has 112 valence electrons. The van der Waals surface area contributed by atoms with E-state index in [1.54, 1.807) is 0 Å². The zero-order valence-electron chi connectivity index (χ0n) is 12.3. The first-order valence-corrected chi connectivity index (χ1v) is 7.55. The summed E-state index contributed by atoms with van der Waals surface area (Å²) in [5.74, 6) is 0. The summed E-state index contributed by atoms with van der Waals surface area (Å²) in [5, 5.41) is 13.4. The molecule has 4 N–H and O–H groups in total. The van der Waals surface area contributed by atoms with Gasteiger partial charge in [0, 0.05) is 12.2 Å². The number of nitrogens with one attached hydrogen (secondary N) is 1. The molecular formula is C18H24N2O. The summed E-state index contributed by atoms with van der Waals surface area (Å²) in [4.78, 5) is 0. The maximum Gasteiger partial charge on any atom is 0.0802 e. The molecule has 2 aromatic rings. The van der Waals surface area contributed by atoms with Crippen LogP contribution in [0.15, 0.2) is 54.6 Å². The van der Waals surface area contributed by atoms with Gasteiger partial charge in [0.05, 0.1) is 6.10 Å². The molecule has 21 heavy (non-hydrogen) atoms. The molecular weight excluding hydrogens is 260 g/mol. The summed E-state index contributed by atoms with van der Waals surface area (Å²) in [6.45, 7) is 1.42. The first-order valence-electron chi connectivity index (χ1n) is 7.55. The second kappa shape index (κ2) is 8.45. The van der Waals surface area contributed by atoms with E-state index < -0.39 is 6.10 Å². The van der Waals surface area contributed by atoms with Gasteiger partial charge in [0.1, 0.15) is 0 Å². The van der Waals surface area contributed by atoms with E-state index in [1.807, 2.05) is 30.3 Å². The Morgan fingerprint density at radius 2 is 1.86 bits per heavy atom. The van der Waals surface area contributed by atoms with E-state index in [-0.39, 0.29) is 0 Å². The first kappa shape index (κ1) is 15.5. The van der Waals surface area contributed by atoms with Gasteiger partial charge in [-0.15, -0.1) is 0 Å². The molecule has 3 nitrogen and oxygen atoms in total. The van der Waals surface area contributed by atoms with E-state index in [0.717, 1.165) is 30.6 Å². The standard InChI is InChI=1S/C18H24N2O/c19-12-11-18(21)16-9-4-10-17(14-16)20-13-5-8-15-6-2-1-3-7-15/h1-4,6-7,9-10,14,18,20-21H,5,8,11-13,19H2. The molecule has 0 aliphatic rings. The van der Waals surface area contributed by atoms with Gasteiger partial charge in [-0.2, -0.15) is 0 Å². The number of aryl methyl sites for hydroxylation is 1. The number of nitrogens with two attached hydrogens (primary N) is 1. The molecule has 0 fully saturated rings. The Hall–Kier alpha value is -1.84. The lowest BCUT2D eigenvalue weighted by Crippen LogP contribution is -2.08. The molecule has 0 aliphatic heterocycles. The van der Waals surface area contributed by atoms with Crippen LogP contribution in [0.4, 0.5) is 5.69 Å². The zero-order chi connectivity index (χ0) is 14.9. The highest BCUT2D eigenvalue weighted by Gasteiger charge is 2.06. The van der Waals surface area contributed by atoms with Crippen molar-refractivity contribution in [3.05, 3.63) is 65.7 Å². The van der Waals surface area contributed by atoms with Crippen LogP contribution < -0.4 is 11.1 Å². The van der Waals surface area contributed by atoms with E-state index in [0.29, 0.717) is 13.0 Å². The Kier molecular flexibility index (Phi) is 6.25. The van der Waals surface area contributed by atoms with Crippen molar-refractivity contribution in [1.82, 2.24) is 0 Å². The summed E-state index contributed by atoms with van der Waals surface area (Å²) in [6, 6.07) is 18.4. The lowest BCUT2D eigenvalue weighted by Gasteiger charge is -2.12. The van der Waals surface area contributed by atoms with Crippen LogP contribution in [0.3, 0.4) is 0 Å². The topological polar surface area (TPSA) is 58.3 Å². The van der Waals surface area contributed by atoms with E-state index >= 15 is 0 Å². The maximum absolute atomic E-state index is 9.96. The van der Waals surface area contributed by atoms with Crippen molar-refractivity contribution in [1.29, 1.82) is 0 Å². The van der Waals surface area contributed by atoms with Crippen LogP contribution >= 0.6 is 0 Å². The van der Waals surface area contributed by atoms with Gasteiger partial charge in [-0.05, 0) is 49.1 Å². The average Bonchev–Trinajstić information content (AvgIpc) is 2.53. The molecule has 1 atom stereocenters. The maximum atomic E-state index is 9.96. The summed E-state index contributed by atoms with van der Waals surface area (Å²) < 4.78 is 0. The molecule has 2 rings (SSSR count). The second-order valence-electron chi connectivity index (χ2n) is 5.23. The zero-order valence-corrected chi connectivity index (χ0v) is 12.3. The highest BCUT2D eigenvalue weighted by molar-refractivity contribution is 5.46. The van der Waals surface area contributed by atoms with Gasteiger partial charge in [-0.3, -0.25) is 0 Å². The van der Waals surface area contributed by atoms with Crippen LogP contribution in [0.25, 0.3) is 0 Å². The fraction of sp³-hybridized carbons (Fsp3) is 0.333. The van der Waals surface area contributed by atoms with Crippen molar-refractivity contribution < 1.29 is 5.11 Å². The van der Waals surface area contributed by atoms with Gasteiger partial charge in [0.15, 0.2) is 0 Å². The number of hydrogen-bond acceptors (Lipinski definition) is 3. The van der Waals surface area contributed by atoms with Crippen LogP contribution in [0.1, 0.15) is 30.1 Å². The fourth-order valence-electron chi connectivity index (χ4n) is 2.35. The van der Waals surface area contributed by atoms with Crippen LogP contribution in [0.5, 0.6) is 0 Å². The van der Waals surface area contributed by atoms with E-state index in [1.165, 1.54) is 5.56 Å². The SMILES string of the molecule is NCCC(O)c1cccc(NCCCc2ccccc2)c1. The second-order valence-corrected chi connectivity index (χ2v) is 5.23. The molecule has 0 saturated carbocycles. The number of hydrogen-bond donors (Lipinski definition) is 3. The van der Waals surface area contributed by atoms with Crippen molar-refractivity contribution in [3.8, 4) is 0 Å². The highest BCUT2D eigenvalue weighted by atomic mass is 16.3. The molecule has 0 aromatic heterocycles. The normalized spacial score (nSPS) is 12.1. The average molecular weight is 284 g/mol. The summed E-state index contributed by atoms with van der Waals surface area (Å²) in [5.41, 5.74) is 8.83. The smallest absolute Gasteiger partial charge is 0.0802 e. The first-order chi connectivity index (χ1) is 10.3. The molecule has 0 radical (unpaired) electrons. The van der Waals surface area contributed by atoms with Crippen molar-refractivity contribution >= 4 is 5.69 Å². The monoisotopic (exact) mass is 284 g/mol. The minimum atomic E-state index is -0.471. The van der Waals surface area contributed by atoms with Gasteiger partial charge in [-0.1, -0.05) is 42.5 Å².